The van der Waals surface area contributed by atoms with Crippen LogP contribution in [0.25, 0.3) is 0 Å². The van der Waals surface area contributed by atoms with Crippen molar-refractivity contribution in [2.45, 2.75) is 6.42 Å². The molecule has 2 nitrogen and oxygen atoms in total. The number of hydrogen-bond donors (Lipinski definition) is 1. The maximum atomic E-state index is 10.0. The summed E-state index contributed by atoms with van der Waals surface area (Å²) in [4.78, 5) is 10.0. The van der Waals surface area contributed by atoms with Gasteiger partial charge in [-0.05, 0) is 0 Å². The second-order valence-electron chi connectivity index (χ2n) is 1.70. The lowest BCUT2D eigenvalue weighted by atomic mass is 10.3. The summed E-state index contributed by atoms with van der Waals surface area (Å²) in [6.45, 7) is 0. The van der Waals surface area contributed by atoms with Crippen LogP contribution in [0.5, 0.6) is 0 Å². The van der Waals surface area contributed by atoms with Crippen molar-refractivity contribution in [2.75, 3.05) is 0 Å². The van der Waals surface area contributed by atoms with Gasteiger partial charge in [0, 0.05) is 17.7 Å². The number of nitrogens with two attached hydrogens (primary N) is 1. The normalized spacial score (nSPS) is 17.5. The van der Waals surface area contributed by atoms with E-state index in [1.807, 2.05) is 6.08 Å². The molecule has 1 rings (SSSR count). The topological polar surface area (TPSA) is 43.1 Å². The second-order valence-corrected chi connectivity index (χ2v) is 1.70. The quantitative estimate of drug-likeness (QED) is 0.494. The molecule has 1 aliphatic carbocycles. The van der Waals surface area contributed by atoms with Crippen molar-refractivity contribution in [3.63, 3.8) is 0 Å². The number of rotatable bonds is 1. The Morgan fingerprint density at radius 1 is 1.75 bits per heavy atom. The van der Waals surface area contributed by atoms with E-state index in [0.29, 0.717) is 11.3 Å². The van der Waals surface area contributed by atoms with Gasteiger partial charge in [-0.2, -0.15) is 0 Å². The van der Waals surface area contributed by atoms with Crippen LogP contribution in [0, 0.1) is 0 Å². The third-order valence-electron chi connectivity index (χ3n) is 1.13. The first-order chi connectivity index (χ1) is 3.84. The molecule has 0 aromatic heterocycles. The van der Waals surface area contributed by atoms with Crippen LogP contribution in [-0.4, -0.2) is 6.29 Å². The van der Waals surface area contributed by atoms with E-state index in [4.69, 9.17) is 5.73 Å². The lowest BCUT2D eigenvalue weighted by molar-refractivity contribution is -0.104. The van der Waals surface area contributed by atoms with Gasteiger partial charge in [0.2, 0.25) is 0 Å². The molecule has 0 heterocycles. The average molecular weight is 109 g/mol. The Morgan fingerprint density at radius 2 is 2.50 bits per heavy atom. The van der Waals surface area contributed by atoms with Gasteiger partial charge in [-0.15, -0.1) is 0 Å². The summed E-state index contributed by atoms with van der Waals surface area (Å²) in [6.07, 6.45) is 5.12. The SMILES string of the molecule is NC1=C(C=O)C=CC1. The van der Waals surface area contributed by atoms with Gasteiger partial charge in [0.25, 0.3) is 0 Å². The van der Waals surface area contributed by atoms with Crippen molar-refractivity contribution in [3.05, 3.63) is 23.4 Å². The highest BCUT2D eigenvalue weighted by Crippen LogP contribution is 2.10. The lowest BCUT2D eigenvalue weighted by Gasteiger charge is -1.87. The van der Waals surface area contributed by atoms with Gasteiger partial charge < -0.3 is 5.73 Å². The van der Waals surface area contributed by atoms with Gasteiger partial charge in [0.15, 0.2) is 6.29 Å². The molecule has 8 heavy (non-hydrogen) atoms. The van der Waals surface area contributed by atoms with Crippen LogP contribution in [-0.2, 0) is 4.79 Å². The predicted molar refractivity (Wildman–Crippen MR) is 31.0 cm³/mol. The molecular weight excluding hydrogens is 102 g/mol. The van der Waals surface area contributed by atoms with E-state index in [9.17, 15) is 4.79 Å². The summed E-state index contributed by atoms with van der Waals surface area (Å²) in [7, 11) is 0. The molecule has 0 aliphatic heterocycles. The van der Waals surface area contributed by atoms with E-state index in [2.05, 4.69) is 0 Å². The minimum atomic E-state index is 0.630. The van der Waals surface area contributed by atoms with Gasteiger partial charge in [-0.25, -0.2) is 0 Å². The molecule has 1 aliphatic rings. The summed E-state index contributed by atoms with van der Waals surface area (Å²) < 4.78 is 0. The summed E-state index contributed by atoms with van der Waals surface area (Å²) in [5, 5.41) is 0. The van der Waals surface area contributed by atoms with E-state index < -0.39 is 0 Å². The first-order valence-corrected chi connectivity index (χ1v) is 2.45. The Morgan fingerprint density at radius 3 is 2.75 bits per heavy atom. The summed E-state index contributed by atoms with van der Waals surface area (Å²) in [5.74, 6) is 0. The van der Waals surface area contributed by atoms with Crippen molar-refractivity contribution in [2.24, 2.45) is 5.73 Å². The van der Waals surface area contributed by atoms with E-state index in [1.165, 1.54) is 0 Å². The molecule has 0 aromatic rings. The molecule has 0 unspecified atom stereocenters. The zero-order chi connectivity index (χ0) is 5.98. The van der Waals surface area contributed by atoms with Crippen LogP contribution < -0.4 is 5.73 Å². The van der Waals surface area contributed by atoms with Gasteiger partial charge in [-0.1, -0.05) is 12.2 Å². The summed E-state index contributed by atoms with van der Waals surface area (Å²) in [5.41, 5.74) is 6.69. The van der Waals surface area contributed by atoms with Gasteiger partial charge in [0.1, 0.15) is 0 Å². The minimum absolute atomic E-state index is 0.630. The van der Waals surface area contributed by atoms with E-state index in [1.54, 1.807) is 6.08 Å². The van der Waals surface area contributed by atoms with Gasteiger partial charge in [-0.3, -0.25) is 4.79 Å². The monoisotopic (exact) mass is 109 g/mol. The lowest BCUT2D eigenvalue weighted by Crippen LogP contribution is -1.96. The molecule has 0 aromatic carbocycles. The maximum Gasteiger partial charge on any atom is 0.151 e. The third-order valence-corrected chi connectivity index (χ3v) is 1.13. The highest BCUT2D eigenvalue weighted by atomic mass is 16.1. The Labute approximate surface area is 47.7 Å². The number of carbonyl (C=O) groups is 1. The average Bonchev–Trinajstić information content (AvgIpc) is 2.14. The first kappa shape index (κ1) is 5.09. The summed E-state index contributed by atoms with van der Waals surface area (Å²) in [6, 6.07) is 0. The fourth-order valence-electron chi connectivity index (χ4n) is 0.653. The standard InChI is InChI=1S/C6H7NO/c7-6-3-1-2-5(6)4-8/h1-2,4H,3,7H2. The smallest absolute Gasteiger partial charge is 0.151 e. The number of allylic oxidation sites excluding steroid dienone is 3. The predicted octanol–water partition coefficient (Wildman–Crippen LogP) is 0.358. The van der Waals surface area contributed by atoms with E-state index >= 15 is 0 Å². The molecule has 0 spiro atoms. The Hall–Kier alpha value is -1.05. The second kappa shape index (κ2) is 1.82. The molecule has 0 saturated heterocycles. The van der Waals surface area contributed by atoms with Crippen molar-refractivity contribution < 1.29 is 4.79 Å². The number of aldehydes is 1. The number of carbonyl (C=O) groups excluding carboxylic acids is 1. The van der Waals surface area contributed by atoms with Crippen LogP contribution >= 0.6 is 0 Å². The van der Waals surface area contributed by atoms with Crippen molar-refractivity contribution >= 4 is 6.29 Å². The third kappa shape index (κ3) is 0.644. The van der Waals surface area contributed by atoms with Gasteiger partial charge in [0.05, 0.1) is 0 Å². The molecule has 0 amide bonds. The summed E-state index contributed by atoms with van der Waals surface area (Å²) >= 11 is 0. The zero-order valence-electron chi connectivity index (χ0n) is 4.42. The van der Waals surface area contributed by atoms with Crippen LogP contribution in [0.1, 0.15) is 6.42 Å². The zero-order valence-corrected chi connectivity index (χ0v) is 4.42. The molecule has 42 valence electrons. The fourth-order valence-corrected chi connectivity index (χ4v) is 0.653. The van der Waals surface area contributed by atoms with Crippen molar-refractivity contribution in [1.29, 1.82) is 0 Å². The van der Waals surface area contributed by atoms with E-state index in [0.717, 1.165) is 12.7 Å². The van der Waals surface area contributed by atoms with Crippen molar-refractivity contribution in [3.8, 4) is 0 Å². The minimum Gasteiger partial charge on any atom is -0.401 e. The molecule has 2 N–H and O–H groups in total. The van der Waals surface area contributed by atoms with Crippen LogP contribution in [0.15, 0.2) is 23.4 Å². The largest absolute Gasteiger partial charge is 0.401 e. The molecular formula is C6H7NO. The molecule has 0 radical (unpaired) electrons. The Balaban J connectivity index is 2.85. The maximum absolute atomic E-state index is 10.0. The van der Waals surface area contributed by atoms with Crippen LogP contribution in [0.2, 0.25) is 0 Å². The Bertz CT molecular complexity index is 167. The Kier molecular flexibility index (Phi) is 1.16. The fraction of sp³-hybridized carbons (Fsp3) is 0.167. The number of hydrogen-bond acceptors (Lipinski definition) is 2. The van der Waals surface area contributed by atoms with Gasteiger partial charge >= 0.3 is 0 Å². The van der Waals surface area contributed by atoms with Crippen LogP contribution in [0.3, 0.4) is 0 Å². The van der Waals surface area contributed by atoms with Crippen molar-refractivity contribution in [1.82, 2.24) is 0 Å². The van der Waals surface area contributed by atoms with Crippen LogP contribution in [0.4, 0.5) is 0 Å². The molecule has 0 atom stereocenters. The molecule has 0 fully saturated rings. The highest BCUT2D eigenvalue weighted by molar-refractivity contribution is 5.79. The molecule has 0 saturated carbocycles. The van der Waals surface area contributed by atoms with E-state index in [-0.39, 0.29) is 0 Å². The molecule has 0 bridgehead atoms. The molecule has 2 heteroatoms. The first-order valence-electron chi connectivity index (χ1n) is 2.45. The highest BCUT2D eigenvalue weighted by Gasteiger charge is 2.01.